The second kappa shape index (κ2) is 8.87. The summed E-state index contributed by atoms with van der Waals surface area (Å²) in [6, 6.07) is 18.9. The molecule has 0 bridgehead atoms. The van der Waals surface area contributed by atoms with Gasteiger partial charge in [-0.2, -0.15) is 0 Å². The highest BCUT2D eigenvalue weighted by Crippen LogP contribution is 2.23. The van der Waals surface area contributed by atoms with Crippen molar-refractivity contribution in [2.75, 3.05) is 18.6 Å². The van der Waals surface area contributed by atoms with Crippen molar-refractivity contribution < 1.29 is 14.3 Å². The van der Waals surface area contributed by atoms with Gasteiger partial charge in [0.25, 0.3) is 5.91 Å². The Bertz CT molecular complexity index is 833. The Hall–Kier alpha value is -2.31. The molecule has 3 rings (SSSR count). The van der Waals surface area contributed by atoms with Crippen LogP contribution in [0, 0.1) is 0 Å². The van der Waals surface area contributed by atoms with E-state index in [0.29, 0.717) is 12.3 Å². The number of ether oxygens (including phenoxy) is 2. The van der Waals surface area contributed by atoms with E-state index < -0.39 is 0 Å². The molecule has 0 saturated heterocycles. The number of carbonyl (C=O) groups excluding carboxylic acids is 1. The molecular formula is C20H18BrNO3S. The number of benzene rings is 2. The summed E-state index contributed by atoms with van der Waals surface area (Å²) in [7, 11) is 1.62. The van der Waals surface area contributed by atoms with Gasteiger partial charge in [-0.05, 0) is 60.0 Å². The van der Waals surface area contributed by atoms with Crippen molar-refractivity contribution in [1.82, 2.24) is 0 Å². The minimum absolute atomic E-state index is 0.0287. The quantitative estimate of drug-likeness (QED) is 0.520. The number of thiophene rings is 1. The maximum Gasteiger partial charge on any atom is 0.265 e. The molecule has 0 fully saturated rings. The molecule has 134 valence electrons. The molecule has 26 heavy (non-hydrogen) atoms. The Morgan fingerprint density at radius 3 is 2.35 bits per heavy atom. The van der Waals surface area contributed by atoms with Crippen LogP contribution in [0.25, 0.3) is 0 Å². The van der Waals surface area contributed by atoms with Crippen LogP contribution >= 0.6 is 27.3 Å². The topological polar surface area (TPSA) is 38.8 Å². The highest BCUT2D eigenvalue weighted by Gasteiger charge is 2.18. The van der Waals surface area contributed by atoms with E-state index in [1.165, 1.54) is 0 Å². The number of methoxy groups -OCH3 is 1. The standard InChI is InChI=1S/C20H18BrNO3S/c1-24-17-10-6-16(7-11-17)22(13-19-3-2-12-26-19)20(23)14-25-18-8-4-15(21)5-9-18/h2-12H,13-14H2,1H3. The smallest absolute Gasteiger partial charge is 0.265 e. The van der Waals surface area contributed by atoms with Gasteiger partial charge >= 0.3 is 0 Å². The summed E-state index contributed by atoms with van der Waals surface area (Å²) in [6.45, 7) is 0.478. The van der Waals surface area contributed by atoms with Crippen molar-refractivity contribution >= 4 is 38.9 Å². The summed E-state index contributed by atoms with van der Waals surface area (Å²) in [5.74, 6) is 1.31. The van der Waals surface area contributed by atoms with Crippen molar-refractivity contribution in [2.45, 2.75) is 6.54 Å². The van der Waals surface area contributed by atoms with E-state index in [4.69, 9.17) is 9.47 Å². The molecule has 1 heterocycles. The number of amides is 1. The highest BCUT2D eigenvalue weighted by atomic mass is 79.9. The molecule has 6 heteroatoms. The van der Waals surface area contributed by atoms with Crippen LogP contribution in [-0.2, 0) is 11.3 Å². The molecule has 2 aromatic carbocycles. The minimum Gasteiger partial charge on any atom is -0.497 e. The molecule has 0 spiro atoms. The highest BCUT2D eigenvalue weighted by molar-refractivity contribution is 9.10. The zero-order valence-electron chi connectivity index (χ0n) is 14.2. The van der Waals surface area contributed by atoms with Crippen molar-refractivity contribution in [3.8, 4) is 11.5 Å². The van der Waals surface area contributed by atoms with E-state index >= 15 is 0 Å². The number of halogens is 1. The van der Waals surface area contributed by atoms with E-state index in [9.17, 15) is 4.79 Å². The lowest BCUT2D eigenvalue weighted by atomic mass is 10.2. The van der Waals surface area contributed by atoms with Crippen LogP contribution in [-0.4, -0.2) is 19.6 Å². The fourth-order valence-corrected chi connectivity index (χ4v) is 3.35. The van der Waals surface area contributed by atoms with Gasteiger partial charge in [-0.25, -0.2) is 0 Å². The molecule has 3 aromatic rings. The molecular weight excluding hydrogens is 414 g/mol. The Labute approximate surface area is 165 Å². The van der Waals surface area contributed by atoms with Crippen LogP contribution in [0.1, 0.15) is 4.88 Å². The van der Waals surface area contributed by atoms with Crippen molar-refractivity contribution in [1.29, 1.82) is 0 Å². The molecule has 1 amide bonds. The van der Waals surface area contributed by atoms with Gasteiger partial charge in [0.1, 0.15) is 11.5 Å². The van der Waals surface area contributed by atoms with Gasteiger partial charge in [0.2, 0.25) is 0 Å². The molecule has 0 radical (unpaired) electrons. The first-order valence-electron chi connectivity index (χ1n) is 8.01. The molecule has 0 atom stereocenters. The molecule has 1 aromatic heterocycles. The summed E-state index contributed by atoms with van der Waals surface area (Å²) in [4.78, 5) is 15.7. The Morgan fingerprint density at radius 1 is 1.04 bits per heavy atom. The molecule has 0 aliphatic rings. The zero-order valence-corrected chi connectivity index (χ0v) is 16.6. The van der Waals surface area contributed by atoms with Gasteiger partial charge in [-0.15, -0.1) is 11.3 Å². The van der Waals surface area contributed by atoms with Crippen LogP contribution in [0.15, 0.2) is 70.5 Å². The Morgan fingerprint density at radius 2 is 1.73 bits per heavy atom. The van der Waals surface area contributed by atoms with Crippen LogP contribution in [0.2, 0.25) is 0 Å². The Kier molecular flexibility index (Phi) is 6.30. The van der Waals surface area contributed by atoms with Gasteiger partial charge in [-0.1, -0.05) is 22.0 Å². The van der Waals surface area contributed by atoms with Crippen LogP contribution in [0.5, 0.6) is 11.5 Å². The first-order valence-corrected chi connectivity index (χ1v) is 9.68. The third-order valence-corrected chi connectivity index (χ3v) is 5.14. The van der Waals surface area contributed by atoms with E-state index in [0.717, 1.165) is 20.8 Å². The molecule has 0 N–H and O–H groups in total. The van der Waals surface area contributed by atoms with Gasteiger partial charge in [0.15, 0.2) is 6.61 Å². The fourth-order valence-electron chi connectivity index (χ4n) is 2.40. The van der Waals surface area contributed by atoms with E-state index in [-0.39, 0.29) is 12.5 Å². The largest absolute Gasteiger partial charge is 0.497 e. The monoisotopic (exact) mass is 431 g/mol. The molecule has 0 saturated carbocycles. The summed E-state index contributed by atoms with van der Waals surface area (Å²) < 4.78 is 11.8. The van der Waals surface area contributed by atoms with Gasteiger partial charge in [-0.3, -0.25) is 4.79 Å². The minimum atomic E-state index is -0.105. The third-order valence-electron chi connectivity index (χ3n) is 3.76. The number of nitrogens with zero attached hydrogens (tertiary/aromatic N) is 1. The average Bonchev–Trinajstić information content (AvgIpc) is 3.19. The van der Waals surface area contributed by atoms with E-state index in [2.05, 4.69) is 15.9 Å². The predicted octanol–water partition coefficient (Wildman–Crippen LogP) is 5.13. The number of hydrogen-bond acceptors (Lipinski definition) is 4. The lowest BCUT2D eigenvalue weighted by Crippen LogP contribution is -2.34. The number of carbonyl (C=O) groups is 1. The first-order chi connectivity index (χ1) is 12.7. The number of rotatable bonds is 7. The maximum atomic E-state index is 12.8. The zero-order chi connectivity index (χ0) is 18.4. The normalized spacial score (nSPS) is 10.4. The van der Waals surface area contributed by atoms with Crippen molar-refractivity contribution in [3.05, 3.63) is 75.4 Å². The van der Waals surface area contributed by atoms with Crippen LogP contribution in [0.3, 0.4) is 0 Å². The number of hydrogen-bond donors (Lipinski definition) is 0. The van der Waals surface area contributed by atoms with Gasteiger partial charge in [0, 0.05) is 15.0 Å². The lowest BCUT2D eigenvalue weighted by molar-refractivity contribution is -0.120. The number of anilines is 1. The predicted molar refractivity (Wildman–Crippen MR) is 108 cm³/mol. The van der Waals surface area contributed by atoms with E-state index in [1.54, 1.807) is 23.3 Å². The fraction of sp³-hybridized carbons (Fsp3) is 0.150. The molecule has 0 aliphatic heterocycles. The lowest BCUT2D eigenvalue weighted by Gasteiger charge is -2.22. The molecule has 0 unspecified atom stereocenters. The van der Waals surface area contributed by atoms with Gasteiger partial charge in [0.05, 0.1) is 13.7 Å². The SMILES string of the molecule is COc1ccc(N(Cc2cccs2)C(=O)COc2ccc(Br)cc2)cc1. The summed E-state index contributed by atoms with van der Waals surface area (Å²) in [6.07, 6.45) is 0. The average molecular weight is 432 g/mol. The third kappa shape index (κ3) is 4.86. The second-order valence-corrected chi connectivity index (χ2v) is 7.45. The van der Waals surface area contributed by atoms with Crippen LogP contribution in [0.4, 0.5) is 5.69 Å². The molecule has 0 aliphatic carbocycles. The first kappa shape index (κ1) is 18.5. The maximum absolute atomic E-state index is 12.8. The summed E-state index contributed by atoms with van der Waals surface area (Å²) in [5, 5.41) is 2.00. The van der Waals surface area contributed by atoms with Crippen LogP contribution < -0.4 is 14.4 Å². The van der Waals surface area contributed by atoms with Crippen molar-refractivity contribution in [2.24, 2.45) is 0 Å². The second-order valence-electron chi connectivity index (χ2n) is 5.50. The summed E-state index contributed by atoms with van der Waals surface area (Å²) in [5.41, 5.74) is 0.809. The molecule has 4 nitrogen and oxygen atoms in total. The van der Waals surface area contributed by atoms with E-state index in [1.807, 2.05) is 66.0 Å². The Balaban J connectivity index is 1.74. The summed E-state index contributed by atoms with van der Waals surface area (Å²) >= 11 is 5.01. The van der Waals surface area contributed by atoms with Crippen molar-refractivity contribution in [3.63, 3.8) is 0 Å². The van der Waals surface area contributed by atoms with Gasteiger partial charge < -0.3 is 14.4 Å².